The maximum absolute atomic E-state index is 10.8. The quantitative estimate of drug-likeness (QED) is 0.334. The first kappa shape index (κ1) is 22.5. The first-order chi connectivity index (χ1) is 13.4. The fraction of sp³-hybridized carbons (Fsp3) is 0.174. The molecule has 0 aliphatic heterocycles. The van der Waals surface area contributed by atoms with E-state index in [1.165, 1.54) is 0 Å². The number of hydrogen-bond donors (Lipinski definition) is 1. The standard InChI is InChI=1S/C13H8NO.C10H13NO2.Ir/c1-2-6-10(7-3-1)13-11-8-4-5-9-12(11)15-14-13;1-5-6(2)8(4)11-9(7(5)3)10(12)13;/h1-6,8-9H;1-4H3,(H,12,13);/q-1;;. The summed E-state index contributed by atoms with van der Waals surface area (Å²) in [5.41, 5.74) is 6.43. The number of pyridine rings is 1. The Hall–Kier alpha value is -2.82. The summed E-state index contributed by atoms with van der Waals surface area (Å²) in [7, 11) is 0. The van der Waals surface area contributed by atoms with Gasteiger partial charge in [-0.15, -0.1) is 41.1 Å². The van der Waals surface area contributed by atoms with Gasteiger partial charge >= 0.3 is 5.97 Å². The van der Waals surface area contributed by atoms with Gasteiger partial charge in [0.25, 0.3) is 0 Å². The molecule has 6 heteroatoms. The van der Waals surface area contributed by atoms with Crippen molar-refractivity contribution >= 4 is 16.9 Å². The van der Waals surface area contributed by atoms with Gasteiger partial charge in [-0.1, -0.05) is 18.2 Å². The molecule has 0 aliphatic rings. The number of rotatable bonds is 2. The van der Waals surface area contributed by atoms with Gasteiger partial charge in [0.2, 0.25) is 0 Å². The van der Waals surface area contributed by atoms with Crippen LogP contribution in [0.1, 0.15) is 32.9 Å². The second-order valence-corrected chi connectivity index (χ2v) is 6.53. The predicted molar refractivity (Wildman–Crippen MR) is 108 cm³/mol. The first-order valence-electron chi connectivity index (χ1n) is 8.89. The Morgan fingerprint density at radius 3 is 2.31 bits per heavy atom. The zero-order valence-electron chi connectivity index (χ0n) is 16.6. The molecule has 5 nitrogen and oxygen atoms in total. The SMILES string of the molecule is Cc1nc(C(=O)O)c(C)c(C)c1C.[Ir].[c-]1ccccc1-c1noc2ccccc12. The van der Waals surface area contributed by atoms with Crippen molar-refractivity contribution in [3.05, 3.63) is 82.7 Å². The molecule has 2 aromatic carbocycles. The van der Waals surface area contributed by atoms with Gasteiger partial charge in [-0.25, -0.2) is 9.78 Å². The van der Waals surface area contributed by atoms with Gasteiger partial charge in [-0.2, -0.15) is 0 Å². The predicted octanol–water partition coefficient (Wildman–Crippen LogP) is 5.31. The van der Waals surface area contributed by atoms with Crippen molar-refractivity contribution in [1.82, 2.24) is 10.1 Å². The third-order valence-electron chi connectivity index (χ3n) is 4.85. The zero-order valence-corrected chi connectivity index (χ0v) is 19.0. The van der Waals surface area contributed by atoms with E-state index in [9.17, 15) is 4.79 Å². The fourth-order valence-corrected chi connectivity index (χ4v) is 2.89. The molecule has 0 aliphatic carbocycles. The molecule has 1 radical (unpaired) electrons. The van der Waals surface area contributed by atoms with Gasteiger partial charge in [0.15, 0.2) is 11.3 Å². The number of nitrogens with zero attached hydrogens (tertiary/aromatic N) is 2. The van der Waals surface area contributed by atoms with Crippen molar-refractivity contribution in [2.75, 3.05) is 0 Å². The number of para-hydroxylation sites is 1. The second-order valence-electron chi connectivity index (χ2n) is 6.53. The molecule has 2 heterocycles. The molecule has 4 rings (SSSR count). The van der Waals surface area contributed by atoms with E-state index in [1.54, 1.807) is 6.92 Å². The normalized spacial score (nSPS) is 10.1. The van der Waals surface area contributed by atoms with Gasteiger partial charge in [0.05, 0.1) is 0 Å². The number of carboxylic acids is 1. The van der Waals surface area contributed by atoms with Crippen LogP contribution in [-0.2, 0) is 20.1 Å². The summed E-state index contributed by atoms with van der Waals surface area (Å²) in [6, 6.07) is 18.7. The third kappa shape index (κ3) is 4.78. The first-order valence-corrected chi connectivity index (χ1v) is 8.89. The van der Waals surface area contributed by atoms with Crippen LogP contribution in [0.15, 0.2) is 53.1 Å². The summed E-state index contributed by atoms with van der Waals surface area (Å²) < 4.78 is 5.23. The zero-order chi connectivity index (χ0) is 20.3. The number of fused-ring (bicyclic) bond motifs is 1. The van der Waals surface area contributed by atoms with Crippen LogP contribution in [0.5, 0.6) is 0 Å². The van der Waals surface area contributed by atoms with Crippen LogP contribution in [0.3, 0.4) is 0 Å². The average Bonchev–Trinajstić information content (AvgIpc) is 3.14. The molecule has 0 saturated heterocycles. The number of hydrogen-bond acceptors (Lipinski definition) is 4. The Morgan fingerprint density at radius 2 is 1.66 bits per heavy atom. The molecule has 29 heavy (non-hydrogen) atoms. The van der Waals surface area contributed by atoms with Gasteiger partial charge in [0, 0.05) is 36.9 Å². The van der Waals surface area contributed by atoms with Gasteiger partial charge < -0.3 is 9.63 Å². The molecule has 151 valence electrons. The van der Waals surface area contributed by atoms with Crippen molar-refractivity contribution in [3.8, 4) is 11.3 Å². The Bertz CT molecular complexity index is 1140. The summed E-state index contributed by atoms with van der Waals surface area (Å²) >= 11 is 0. The summed E-state index contributed by atoms with van der Waals surface area (Å²) in [6.07, 6.45) is 0. The molecule has 0 atom stereocenters. The van der Waals surface area contributed by atoms with E-state index in [2.05, 4.69) is 16.2 Å². The third-order valence-corrected chi connectivity index (χ3v) is 4.85. The van der Waals surface area contributed by atoms with Crippen LogP contribution in [0.25, 0.3) is 22.2 Å². The van der Waals surface area contributed by atoms with E-state index in [-0.39, 0.29) is 25.8 Å². The topological polar surface area (TPSA) is 76.2 Å². The molecule has 0 spiro atoms. The molecule has 0 bridgehead atoms. The van der Waals surface area contributed by atoms with Crippen LogP contribution in [0.2, 0.25) is 0 Å². The maximum Gasteiger partial charge on any atom is 0.354 e. The Labute approximate surface area is 183 Å². The minimum absolute atomic E-state index is 0. The van der Waals surface area contributed by atoms with Crippen molar-refractivity contribution in [1.29, 1.82) is 0 Å². The number of aromatic carboxylic acids is 1. The number of aryl methyl sites for hydroxylation is 1. The van der Waals surface area contributed by atoms with Crippen LogP contribution in [-0.4, -0.2) is 21.2 Å². The van der Waals surface area contributed by atoms with Gasteiger partial charge in [0.1, 0.15) is 0 Å². The van der Waals surface area contributed by atoms with E-state index in [1.807, 2.05) is 69.3 Å². The Morgan fingerprint density at radius 1 is 0.966 bits per heavy atom. The molecule has 2 aromatic heterocycles. The molecule has 0 unspecified atom stereocenters. The summed E-state index contributed by atoms with van der Waals surface area (Å²) in [4.78, 5) is 14.8. The minimum Gasteiger partial charge on any atom is -0.477 e. The number of benzene rings is 2. The molecule has 0 amide bonds. The van der Waals surface area contributed by atoms with E-state index in [0.29, 0.717) is 0 Å². The Kier molecular flexibility index (Phi) is 7.43. The molecule has 4 aromatic rings. The van der Waals surface area contributed by atoms with E-state index in [0.717, 1.165) is 44.6 Å². The molecule has 0 saturated carbocycles. The van der Waals surface area contributed by atoms with Crippen molar-refractivity contribution < 1.29 is 34.5 Å². The number of carbonyl (C=O) groups is 1. The van der Waals surface area contributed by atoms with E-state index >= 15 is 0 Å². The van der Waals surface area contributed by atoms with Crippen molar-refractivity contribution in [3.63, 3.8) is 0 Å². The second kappa shape index (κ2) is 9.59. The van der Waals surface area contributed by atoms with Crippen LogP contribution in [0.4, 0.5) is 0 Å². The summed E-state index contributed by atoms with van der Waals surface area (Å²) in [5.74, 6) is -0.955. The largest absolute Gasteiger partial charge is 0.477 e. The van der Waals surface area contributed by atoms with E-state index < -0.39 is 5.97 Å². The Balaban J connectivity index is 0.000000203. The molecular weight excluding hydrogens is 544 g/mol. The monoisotopic (exact) mass is 566 g/mol. The van der Waals surface area contributed by atoms with Crippen molar-refractivity contribution in [2.24, 2.45) is 0 Å². The summed E-state index contributed by atoms with van der Waals surface area (Å²) in [6.45, 7) is 7.49. The minimum atomic E-state index is -0.955. The number of carboxylic acid groups (broad SMARTS) is 1. The number of aromatic nitrogens is 2. The molecule has 0 fully saturated rings. The molecule has 1 N–H and O–H groups in total. The smallest absolute Gasteiger partial charge is 0.354 e. The van der Waals surface area contributed by atoms with Gasteiger partial charge in [-0.3, -0.25) is 0 Å². The average molecular weight is 566 g/mol. The summed E-state index contributed by atoms with van der Waals surface area (Å²) in [5, 5.41) is 13.9. The maximum atomic E-state index is 10.8. The fourth-order valence-electron chi connectivity index (χ4n) is 2.89. The molecular formula is C23H21IrN2O3-. The van der Waals surface area contributed by atoms with E-state index in [4.69, 9.17) is 9.63 Å². The van der Waals surface area contributed by atoms with Crippen LogP contribution in [0, 0.1) is 33.8 Å². The van der Waals surface area contributed by atoms with Crippen LogP contribution >= 0.6 is 0 Å². The van der Waals surface area contributed by atoms with Crippen LogP contribution < -0.4 is 0 Å². The van der Waals surface area contributed by atoms with Gasteiger partial charge in [-0.05, 0) is 50.5 Å². The van der Waals surface area contributed by atoms with Crippen molar-refractivity contribution in [2.45, 2.75) is 27.7 Å².